The minimum Gasteiger partial charge on any atom is -0.494 e. The molecule has 1 N–H and O–H groups in total. The molecule has 0 unspecified atom stereocenters. The lowest BCUT2D eigenvalue weighted by molar-refractivity contribution is -0.383. The SMILES string of the molecule is CCOc1ccc(Nc2cccc(Cl)c2[N+](=O)[O-])cc1. The predicted octanol–water partition coefficient (Wildman–Crippen LogP) is 4.39. The molecule has 2 aromatic carbocycles. The molecule has 0 fully saturated rings. The largest absolute Gasteiger partial charge is 0.494 e. The van der Waals surface area contributed by atoms with Gasteiger partial charge in [-0.05, 0) is 43.3 Å². The summed E-state index contributed by atoms with van der Waals surface area (Å²) >= 11 is 5.86. The predicted molar refractivity (Wildman–Crippen MR) is 79.0 cm³/mol. The van der Waals surface area contributed by atoms with Crippen LogP contribution in [0.3, 0.4) is 0 Å². The van der Waals surface area contributed by atoms with Crippen molar-refractivity contribution in [3.8, 4) is 5.75 Å². The van der Waals surface area contributed by atoms with Crippen LogP contribution in [0.2, 0.25) is 5.02 Å². The lowest BCUT2D eigenvalue weighted by atomic mass is 10.2. The van der Waals surface area contributed by atoms with E-state index in [0.717, 1.165) is 11.4 Å². The number of anilines is 2. The molecule has 0 saturated carbocycles. The molecular formula is C14H13ClN2O3. The number of benzene rings is 2. The molecule has 2 aromatic rings. The summed E-state index contributed by atoms with van der Waals surface area (Å²) in [6.45, 7) is 2.49. The van der Waals surface area contributed by atoms with Gasteiger partial charge in [0.15, 0.2) is 0 Å². The molecule has 104 valence electrons. The van der Waals surface area contributed by atoms with Gasteiger partial charge in [-0.2, -0.15) is 0 Å². The van der Waals surface area contributed by atoms with Crippen LogP contribution in [-0.2, 0) is 0 Å². The average Bonchev–Trinajstić information content (AvgIpc) is 2.41. The number of nitro groups is 1. The molecule has 0 bridgehead atoms. The fourth-order valence-electron chi connectivity index (χ4n) is 1.76. The molecule has 5 nitrogen and oxygen atoms in total. The van der Waals surface area contributed by atoms with Crippen molar-refractivity contribution in [2.24, 2.45) is 0 Å². The first-order valence-electron chi connectivity index (χ1n) is 6.04. The standard InChI is InChI=1S/C14H13ClN2O3/c1-2-20-11-8-6-10(7-9-11)16-13-5-3-4-12(15)14(13)17(18)19/h3-9,16H,2H2,1H3. The van der Waals surface area contributed by atoms with Gasteiger partial charge >= 0.3 is 5.69 Å². The van der Waals surface area contributed by atoms with E-state index in [9.17, 15) is 10.1 Å². The highest BCUT2D eigenvalue weighted by Gasteiger charge is 2.18. The topological polar surface area (TPSA) is 64.4 Å². The number of hydrogen-bond donors (Lipinski definition) is 1. The van der Waals surface area contributed by atoms with Crippen molar-refractivity contribution < 1.29 is 9.66 Å². The zero-order valence-corrected chi connectivity index (χ0v) is 11.6. The molecule has 0 heterocycles. The summed E-state index contributed by atoms with van der Waals surface area (Å²) in [5, 5.41) is 14.1. The van der Waals surface area contributed by atoms with E-state index in [4.69, 9.17) is 16.3 Å². The normalized spacial score (nSPS) is 10.1. The molecule has 0 atom stereocenters. The van der Waals surface area contributed by atoms with Crippen molar-refractivity contribution in [3.05, 3.63) is 57.6 Å². The van der Waals surface area contributed by atoms with Crippen molar-refractivity contribution >= 4 is 28.7 Å². The van der Waals surface area contributed by atoms with E-state index in [-0.39, 0.29) is 10.7 Å². The maximum Gasteiger partial charge on any atom is 0.311 e. The number of nitrogens with zero attached hydrogens (tertiary/aromatic N) is 1. The van der Waals surface area contributed by atoms with Gasteiger partial charge in [0, 0.05) is 5.69 Å². The first-order chi connectivity index (χ1) is 9.61. The van der Waals surface area contributed by atoms with E-state index in [1.54, 1.807) is 36.4 Å². The molecule has 0 aromatic heterocycles. The van der Waals surface area contributed by atoms with Crippen LogP contribution in [0.15, 0.2) is 42.5 Å². The summed E-state index contributed by atoms with van der Waals surface area (Å²) in [6.07, 6.45) is 0. The summed E-state index contributed by atoms with van der Waals surface area (Å²) in [4.78, 5) is 10.5. The van der Waals surface area contributed by atoms with Gasteiger partial charge in [-0.15, -0.1) is 0 Å². The van der Waals surface area contributed by atoms with E-state index in [1.165, 1.54) is 6.07 Å². The number of nitro benzene ring substituents is 1. The maximum atomic E-state index is 11.0. The van der Waals surface area contributed by atoms with Gasteiger partial charge in [0.1, 0.15) is 16.5 Å². The number of rotatable bonds is 5. The van der Waals surface area contributed by atoms with Crippen LogP contribution in [0.25, 0.3) is 0 Å². The third-order valence-electron chi connectivity index (χ3n) is 2.61. The van der Waals surface area contributed by atoms with E-state index in [2.05, 4.69) is 5.32 Å². The van der Waals surface area contributed by atoms with Gasteiger partial charge in [-0.3, -0.25) is 10.1 Å². The fourth-order valence-corrected chi connectivity index (χ4v) is 2.00. The molecule has 2 rings (SSSR count). The first kappa shape index (κ1) is 14.1. The van der Waals surface area contributed by atoms with Crippen molar-refractivity contribution in [1.82, 2.24) is 0 Å². The Labute approximate surface area is 121 Å². The molecular weight excluding hydrogens is 280 g/mol. The van der Waals surface area contributed by atoms with Gasteiger partial charge in [-0.1, -0.05) is 17.7 Å². The molecule has 0 aliphatic rings. The third kappa shape index (κ3) is 3.19. The van der Waals surface area contributed by atoms with Crippen molar-refractivity contribution in [3.63, 3.8) is 0 Å². The Bertz CT molecular complexity index is 614. The quantitative estimate of drug-likeness (QED) is 0.655. The monoisotopic (exact) mass is 292 g/mol. The van der Waals surface area contributed by atoms with Crippen LogP contribution in [0.5, 0.6) is 5.75 Å². The second kappa shape index (κ2) is 6.25. The van der Waals surface area contributed by atoms with Crippen molar-refractivity contribution in [2.75, 3.05) is 11.9 Å². The maximum absolute atomic E-state index is 11.0. The minimum absolute atomic E-state index is 0.103. The smallest absolute Gasteiger partial charge is 0.311 e. The molecule has 0 spiro atoms. The van der Waals surface area contributed by atoms with Gasteiger partial charge in [-0.25, -0.2) is 0 Å². The number of nitrogens with one attached hydrogen (secondary N) is 1. The zero-order valence-electron chi connectivity index (χ0n) is 10.8. The van der Waals surface area contributed by atoms with Gasteiger partial charge in [0.25, 0.3) is 0 Å². The summed E-state index contributed by atoms with van der Waals surface area (Å²) in [5.41, 5.74) is 0.938. The molecule has 0 radical (unpaired) electrons. The molecule has 0 amide bonds. The Morgan fingerprint density at radius 1 is 1.25 bits per heavy atom. The molecule has 0 aliphatic carbocycles. The molecule has 6 heteroatoms. The summed E-state index contributed by atoms with van der Waals surface area (Å²) in [7, 11) is 0. The Balaban J connectivity index is 2.26. The van der Waals surface area contributed by atoms with Crippen LogP contribution >= 0.6 is 11.6 Å². The Hall–Kier alpha value is -2.27. The van der Waals surface area contributed by atoms with E-state index < -0.39 is 4.92 Å². The number of halogens is 1. The Morgan fingerprint density at radius 2 is 1.95 bits per heavy atom. The second-order valence-electron chi connectivity index (χ2n) is 3.98. The van der Waals surface area contributed by atoms with E-state index in [0.29, 0.717) is 12.3 Å². The lowest BCUT2D eigenvalue weighted by Gasteiger charge is -2.09. The summed E-state index contributed by atoms with van der Waals surface area (Å²) in [6, 6.07) is 11.9. The van der Waals surface area contributed by atoms with Crippen LogP contribution in [0, 0.1) is 10.1 Å². The van der Waals surface area contributed by atoms with Crippen LogP contribution in [0.4, 0.5) is 17.1 Å². The molecule has 0 aliphatic heterocycles. The minimum atomic E-state index is -0.501. The fraction of sp³-hybridized carbons (Fsp3) is 0.143. The average molecular weight is 293 g/mol. The van der Waals surface area contributed by atoms with Gasteiger partial charge < -0.3 is 10.1 Å². The van der Waals surface area contributed by atoms with Crippen molar-refractivity contribution in [2.45, 2.75) is 6.92 Å². The van der Waals surface area contributed by atoms with Crippen LogP contribution in [-0.4, -0.2) is 11.5 Å². The highest BCUT2D eigenvalue weighted by molar-refractivity contribution is 6.33. The highest BCUT2D eigenvalue weighted by Crippen LogP contribution is 2.34. The number of hydrogen-bond acceptors (Lipinski definition) is 4. The Kier molecular flexibility index (Phi) is 4.42. The van der Waals surface area contributed by atoms with E-state index in [1.807, 2.05) is 6.92 Å². The summed E-state index contributed by atoms with van der Waals surface area (Å²) in [5.74, 6) is 0.749. The van der Waals surface area contributed by atoms with Crippen molar-refractivity contribution in [1.29, 1.82) is 0 Å². The van der Waals surface area contributed by atoms with Crippen LogP contribution in [0.1, 0.15) is 6.92 Å². The van der Waals surface area contributed by atoms with Crippen LogP contribution < -0.4 is 10.1 Å². The Morgan fingerprint density at radius 3 is 2.55 bits per heavy atom. The number of ether oxygens (including phenoxy) is 1. The van der Waals surface area contributed by atoms with Gasteiger partial charge in [0.05, 0.1) is 11.5 Å². The molecule has 20 heavy (non-hydrogen) atoms. The van der Waals surface area contributed by atoms with Gasteiger partial charge in [0.2, 0.25) is 0 Å². The second-order valence-corrected chi connectivity index (χ2v) is 4.38. The molecule has 0 saturated heterocycles. The first-order valence-corrected chi connectivity index (χ1v) is 6.42. The number of para-hydroxylation sites is 1. The summed E-state index contributed by atoms with van der Waals surface area (Å²) < 4.78 is 5.34. The highest BCUT2D eigenvalue weighted by atomic mass is 35.5. The lowest BCUT2D eigenvalue weighted by Crippen LogP contribution is -1.98. The third-order valence-corrected chi connectivity index (χ3v) is 2.92. The van der Waals surface area contributed by atoms with E-state index >= 15 is 0 Å². The zero-order chi connectivity index (χ0) is 14.5.